The number of thioether (sulfide) groups is 1. The first-order chi connectivity index (χ1) is 17.3. The van der Waals surface area contributed by atoms with Crippen molar-refractivity contribution in [2.75, 3.05) is 29.6 Å². The zero-order chi connectivity index (χ0) is 25.6. The third-order valence-corrected chi connectivity index (χ3v) is 8.20. The Morgan fingerprint density at radius 3 is 2.53 bits per heavy atom. The SMILES string of the molecule is COc1ccc2c(c1)[C@]1(SCCN1C(=O)Nc1ccc(C)c(C)c1)C(=O)N2Cc1c(F)cccc1F. The first kappa shape index (κ1) is 24.1. The van der Waals surface area contributed by atoms with Gasteiger partial charge >= 0.3 is 6.03 Å². The molecule has 36 heavy (non-hydrogen) atoms. The predicted molar refractivity (Wildman–Crippen MR) is 136 cm³/mol. The molecule has 6 nitrogen and oxygen atoms in total. The van der Waals surface area contributed by atoms with Gasteiger partial charge in [0, 0.05) is 29.1 Å². The Hall–Kier alpha value is -3.59. The molecule has 0 radical (unpaired) electrons. The minimum atomic E-state index is -1.38. The highest BCUT2D eigenvalue weighted by Crippen LogP contribution is 2.55. The van der Waals surface area contributed by atoms with Crippen molar-refractivity contribution in [2.45, 2.75) is 25.3 Å². The van der Waals surface area contributed by atoms with E-state index in [0.717, 1.165) is 23.3 Å². The number of hydrogen-bond acceptors (Lipinski definition) is 4. The number of aryl methyl sites for hydroxylation is 2. The van der Waals surface area contributed by atoms with E-state index in [9.17, 15) is 18.4 Å². The zero-order valence-electron chi connectivity index (χ0n) is 20.1. The molecule has 2 aliphatic rings. The highest BCUT2D eigenvalue weighted by atomic mass is 32.2. The molecule has 1 N–H and O–H groups in total. The van der Waals surface area contributed by atoms with E-state index in [2.05, 4.69) is 5.32 Å². The Morgan fingerprint density at radius 1 is 1.08 bits per heavy atom. The third-order valence-electron chi connectivity index (χ3n) is 6.78. The van der Waals surface area contributed by atoms with E-state index in [0.29, 0.717) is 35.0 Å². The molecule has 5 rings (SSSR count). The molecule has 2 heterocycles. The largest absolute Gasteiger partial charge is 0.497 e. The van der Waals surface area contributed by atoms with Crippen LogP contribution < -0.4 is 15.0 Å². The summed E-state index contributed by atoms with van der Waals surface area (Å²) in [6.45, 7) is 3.97. The lowest BCUT2D eigenvalue weighted by Gasteiger charge is -2.33. The van der Waals surface area contributed by atoms with Crippen LogP contribution in [0.2, 0.25) is 0 Å². The van der Waals surface area contributed by atoms with Crippen LogP contribution in [0.4, 0.5) is 25.0 Å². The molecule has 1 fully saturated rings. The Bertz CT molecular complexity index is 1360. The van der Waals surface area contributed by atoms with Crippen molar-refractivity contribution >= 4 is 35.1 Å². The smallest absolute Gasteiger partial charge is 0.323 e. The van der Waals surface area contributed by atoms with Crippen molar-refractivity contribution in [1.82, 2.24) is 4.90 Å². The number of amides is 3. The van der Waals surface area contributed by atoms with Crippen molar-refractivity contribution < 1.29 is 23.1 Å². The van der Waals surface area contributed by atoms with E-state index in [1.807, 2.05) is 32.0 Å². The van der Waals surface area contributed by atoms with E-state index in [4.69, 9.17) is 4.74 Å². The maximum absolute atomic E-state index is 14.5. The van der Waals surface area contributed by atoms with Crippen LogP contribution >= 0.6 is 11.8 Å². The van der Waals surface area contributed by atoms with Gasteiger partial charge in [0.1, 0.15) is 17.4 Å². The van der Waals surface area contributed by atoms with Gasteiger partial charge in [0.2, 0.25) is 0 Å². The van der Waals surface area contributed by atoms with Crippen LogP contribution in [0.15, 0.2) is 54.6 Å². The molecule has 1 atom stereocenters. The molecule has 0 aromatic heterocycles. The topological polar surface area (TPSA) is 61.9 Å². The molecule has 0 unspecified atom stereocenters. The van der Waals surface area contributed by atoms with E-state index in [1.54, 1.807) is 18.2 Å². The lowest BCUT2D eigenvalue weighted by atomic mass is 10.1. The Labute approximate surface area is 212 Å². The molecule has 9 heteroatoms. The van der Waals surface area contributed by atoms with Gasteiger partial charge in [-0.15, -0.1) is 11.8 Å². The van der Waals surface area contributed by atoms with Gasteiger partial charge in [-0.2, -0.15) is 0 Å². The number of halogens is 2. The molecule has 2 aliphatic heterocycles. The lowest BCUT2D eigenvalue weighted by Crippen LogP contribution is -2.51. The molecule has 1 spiro atoms. The number of methoxy groups -OCH3 is 1. The molecule has 3 aromatic carbocycles. The number of nitrogens with zero attached hydrogens (tertiary/aromatic N) is 2. The number of hydrogen-bond donors (Lipinski definition) is 1. The van der Waals surface area contributed by atoms with Gasteiger partial charge in [-0.25, -0.2) is 13.6 Å². The molecule has 186 valence electrons. The summed E-state index contributed by atoms with van der Waals surface area (Å²) in [7, 11) is 1.52. The number of rotatable bonds is 4. The van der Waals surface area contributed by atoms with Crippen LogP contribution in [0.1, 0.15) is 22.3 Å². The molecule has 3 amide bonds. The van der Waals surface area contributed by atoms with Crippen LogP contribution in [-0.4, -0.2) is 36.2 Å². The Balaban J connectivity index is 1.56. The van der Waals surface area contributed by atoms with Crippen LogP contribution in [0.25, 0.3) is 0 Å². The van der Waals surface area contributed by atoms with Gasteiger partial charge in [-0.3, -0.25) is 9.69 Å². The molecule has 3 aromatic rings. The van der Waals surface area contributed by atoms with E-state index in [-0.39, 0.29) is 12.1 Å². The molecule has 1 saturated heterocycles. The minimum Gasteiger partial charge on any atom is -0.497 e. The monoisotopic (exact) mass is 509 g/mol. The fourth-order valence-corrected chi connectivity index (χ4v) is 6.18. The van der Waals surface area contributed by atoms with Gasteiger partial charge < -0.3 is 15.0 Å². The van der Waals surface area contributed by atoms with Crippen molar-refractivity contribution in [3.8, 4) is 5.75 Å². The number of fused-ring (bicyclic) bond motifs is 2. The van der Waals surface area contributed by atoms with Crippen LogP contribution in [0.3, 0.4) is 0 Å². The summed E-state index contributed by atoms with van der Waals surface area (Å²) in [5, 5.41) is 2.92. The van der Waals surface area contributed by atoms with Gasteiger partial charge in [0.25, 0.3) is 5.91 Å². The summed E-state index contributed by atoms with van der Waals surface area (Å²) >= 11 is 1.33. The fourth-order valence-electron chi connectivity index (χ4n) is 4.73. The number of nitrogens with one attached hydrogen (secondary N) is 1. The summed E-state index contributed by atoms with van der Waals surface area (Å²) in [6.07, 6.45) is 0. The van der Waals surface area contributed by atoms with Crippen molar-refractivity contribution in [3.63, 3.8) is 0 Å². The van der Waals surface area contributed by atoms with Crippen LogP contribution in [-0.2, 0) is 16.2 Å². The Morgan fingerprint density at radius 2 is 1.83 bits per heavy atom. The minimum absolute atomic E-state index is 0.209. The maximum Gasteiger partial charge on any atom is 0.323 e. The fraction of sp³-hybridized carbons (Fsp3) is 0.259. The predicted octanol–water partition coefficient (Wildman–Crippen LogP) is 5.57. The zero-order valence-corrected chi connectivity index (χ0v) is 20.9. The summed E-state index contributed by atoms with van der Waals surface area (Å²) in [5.41, 5.74) is 3.59. The first-order valence-electron chi connectivity index (χ1n) is 11.5. The number of carbonyl (C=O) groups is 2. The first-order valence-corrected chi connectivity index (χ1v) is 12.5. The average molecular weight is 510 g/mol. The highest BCUT2D eigenvalue weighted by Gasteiger charge is 2.59. The lowest BCUT2D eigenvalue weighted by molar-refractivity contribution is -0.123. The standard InChI is InChI=1S/C27H25F2N3O3S/c1-16-7-8-18(13-17(16)2)30-26(34)32-11-12-36-27(32)21-14-19(35-3)9-10-24(21)31(25(27)33)15-20-22(28)5-4-6-23(20)29/h4-10,13-14H,11-12,15H2,1-3H3,(H,30,34)/t27-/m0/s1. The summed E-state index contributed by atoms with van der Waals surface area (Å²) in [5.74, 6) is -0.859. The number of anilines is 2. The number of benzene rings is 3. The molecule has 0 aliphatic carbocycles. The molecule has 0 bridgehead atoms. The van der Waals surface area contributed by atoms with E-state index < -0.39 is 28.4 Å². The summed E-state index contributed by atoms with van der Waals surface area (Å²) in [4.78, 5) is 29.1. The number of ether oxygens (including phenoxy) is 1. The summed E-state index contributed by atoms with van der Waals surface area (Å²) < 4.78 is 34.5. The van der Waals surface area contributed by atoms with Crippen molar-refractivity contribution in [1.29, 1.82) is 0 Å². The second kappa shape index (κ2) is 9.13. The molecular formula is C27H25F2N3O3S. The average Bonchev–Trinajstić information content (AvgIpc) is 3.40. The van der Waals surface area contributed by atoms with Gasteiger partial charge in [0.15, 0.2) is 4.87 Å². The van der Waals surface area contributed by atoms with Gasteiger partial charge in [-0.05, 0) is 67.4 Å². The Kier molecular flexibility index (Phi) is 6.12. The van der Waals surface area contributed by atoms with Gasteiger partial charge in [-0.1, -0.05) is 12.1 Å². The normalized spacial score (nSPS) is 18.6. The quantitative estimate of drug-likeness (QED) is 0.500. The molecule has 0 saturated carbocycles. The van der Waals surface area contributed by atoms with E-state index in [1.165, 1.54) is 34.7 Å². The van der Waals surface area contributed by atoms with Crippen LogP contribution in [0, 0.1) is 25.5 Å². The molecular weight excluding hydrogens is 484 g/mol. The second-order valence-electron chi connectivity index (χ2n) is 8.85. The number of urea groups is 1. The van der Waals surface area contributed by atoms with Crippen molar-refractivity contribution in [3.05, 3.63) is 88.5 Å². The maximum atomic E-state index is 14.5. The number of carbonyl (C=O) groups excluding carboxylic acids is 2. The highest BCUT2D eigenvalue weighted by molar-refractivity contribution is 8.01. The second-order valence-corrected chi connectivity index (χ2v) is 10.1. The summed E-state index contributed by atoms with van der Waals surface area (Å²) in [6, 6.07) is 13.9. The van der Waals surface area contributed by atoms with E-state index >= 15 is 0 Å². The van der Waals surface area contributed by atoms with Crippen molar-refractivity contribution in [2.24, 2.45) is 0 Å². The third kappa shape index (κ3) is 3.78. The van der Waals surface area contributed by atoms with Crippen LogP contribution in [0.5, 0.6) is 5.75 Å². The van der Waals surface area contributed by atoms with Gasteiger partial charge in [0.05, 0.1) is 19.3 Å².